The molecular formula is C13H11ClN2O3S2. The van der Waals surface area contributed by atoms with Gasteiger partial charge in [-0.2, -0.15) is 0 Å². The van der Waals surface area contributed by atoms with Crippen molar-refractivity contribution in [2.24, 2.45) is 0 Å². The number of aliphatic hydroxyl groups excluding tert-OH is 1. The van der Waals surface area contributed by atoms with Crippen LogP contribution in [0.15, 0.2) is 28.5 Å². The molecule has 0 bridgehead atoms. The molecule has 0 saturated heterocycles. The molecule has 0 unspecified atom stereocenters. The molecule has 2 aromatic rings. The lowest BCUT2D eigenvalue weighted by Gasteiger charge is -2.07. The smallest absolute Gasteiger partial charge is 0.265 e. The summed E-state index contributed by atoms with van der Waals surface area (Å²) in [5.41, 5.74) is 1.26. The van der Waals surface area contributed by atoms with Gasteiger partial charge in [0.15, 0.2) is 5.13 Å². The topological polar surface area (TPSA) is 79.3 Å². The number of hydrogen-bond acceptors (Lipinski definition) is 5. The minimum Gasteiger partial charge on any atom is -0.384 e. The lowest BCUT2D eigenvalue weighted by Crippen LogP contribution is -2.13. The van der Waals surface area contributed by atoms with Crippen molar-refractivity contribution in [2.75, 3.05) is 11.3 Å². The van der Waals surface area contributed by atoms with Crippen LogP contribution in [-0.2, 0) is 10.0 Å². The van der Waals surface area contributed by atoms with E-state index in [1.54, 1.807) is 12.3 Å². The Labute approximate surface area is 131 Å². The number of aryl methyl sites for hydroxylation is 1. The van der Waals surface area contributed by atoms with Gasteiger partial charge in [0, 0.05) is 10.9 Å². The third-order valence-corrected chi connectivity index (χ3v) is 5.20. The Morgan fingerprint density at radius 1 is 1.48 bits per heavy atom. The van der Waals surface area contributed by atoms with Gasteiger partial charge in [0.1, 0.15) is 11.5 Å². The van der Waals surface area contributed by atoms with Gasteiger partial charge < -0.3 is 5.11 Å². The number of anilines is 1. The lowest BCUT2D eigenvalue weighted by molar-refractivity contribution is 0.350. The number of rotatable bonds is 3. The van der Waals surface area contributed by atoms with E-state index in [1.807, 2.05) is 0 Å². The zero-order valence-electron chi connectivity index (χ0n) is 10.9. The number of hydrogen-bond donors (Lipinski definition) is 2. The summed E-state index contributed by atoms with van der Waals surface area (Å²) in [5, 5.41) is 10.7. The first-order valence-electron chi connectivity index (χ1n) is 5.76. The van der Waals surface area contributed by atoms with Gasteiger partial charge in [-0.05, 0) is 25.1 Å². The van der Waals surface area contributed by atoms with Gasteiger partial charge in [-0.1, -0.05) is 23.4 Å². The van der Waals surface area contributed by atoms with Crippen molar-refractivity contribution in [2.45, 2.75) is 11.8 Å². The summed E-state index contributed by atoms with van der Waals surface area (Å²) in [6.07, 6.45) is 0. The van der Waals surface area contributed by atoms with Gasteiger partial charge >= 0.3 is 0 Å². The first-order valence-corrected chi connectivity index (χ1v) is 8.50. The van der Waals surface area contributed by atoms with Gasteiger partial charge in [-0.25, -0.2) is 13.4 Å². The number of nitrogens with zero attached hydrogens (tertiary/aromatic N) is 1. The summed E-state index contributed by atoms with van der Waals surface area (Å²) in [5.74, 6) is 5.12. The van der Waals surface area contributed by atoms with Crippen LogP contribution in [0.3, 0.4) is 0 Å². The maximum absolute atomic E-state index is 12.3. The summed E-state index contributed by atoms with van der Waals surface area (Å²) < 4.78 is 26.9. The standard InChI is InChI=1S/C13H11ClN2O3S2/c1-9-8-20-13(15-9)16-21(18,19)12-5-4-10(3-2-6-17)7-11(12)14/h4-5,7-8,17H,6H2,1H3,(H,15,16). The van der Waals surface area contributed by atoms with Crippen LogP contribution in [-0.4, -0.2) is 25.1 Å². The Morgan fingerprint density at radius 3 is 2.81 bits per heavy atom. The minimum absolute atomic E-state index is 0.0495. The molecule has 0 radical (unpaired) electrons. The zero-order valence-corrected chi connectivity index (χ0v) is 13.3. The Balaban J connectivity index is 2.32. The summed E-state index contributed by atoms with van der Waals surface area (Å²) in [4.78, 5) is 3.99. The maximum Gasteiger partial charge on any atom is 0.265 e. The molecule has 0 aliphatic heterocycles. The molecule has 1 heterocycles. The number of nitrogens with one attached hydrogen (secondary N) is 1. The highest BCUT2D eigenvalue weighted by molar-refractivity contribution is 7.93. The molecule has 0 atom stereocenters. The number of halogens is 1. The zero-order chi connectivity index (χ0) is 15.5. The van der Waals surface area contributed by atoms with Gasteiger partial charge in [0.2, 0.25) is 0 Å². The summed E-state index contributed by atoms with van der Waals surface area (Å²) in [7, 11) is -3.80. The van der Waals surface area contributed by atoms with Crippen molar-refractivity contribution in [3.63, 3.8) is 0 Å². The fourth-order valence-electron chi connectivity index (χ4n) is 1.51. The van der Waals surface area contributed by atoms with Crippen LogP contribution in [0, 0.1) is 18.8 Å². The van der Waals surface area contributed by atoms with E-state index in [0.29, 0.717) is 5.56 Å². The Kier molecular flexibility index (Phi) is 4.85. The molecular weight excluding hydrogens is 332 g/mol. The molecule has 21 heavy (non-hydrogen) atoms. The number of aromatic nitrogens is 1. The van der Waals surface area contributed by atoms with E-state index in [0.717, 1.165) is 5.69 Å². The van der Waals surface area contributed by atoms with Crippen LogP contribution in [0.4, 0.5) is 5.13 Å². The third-order valence-electron chi connectivity index (χ3n) is 2.37. The van der Waals surface area contributed by atoms with Crippen molar-refractivity contribution < 1.29 is 13.5 Å². The third kappa shape index (κ3) is 3.95. The van der Waals surface area contributed by atoms with Crippen LogP contribution in [0.1, 0.15) is 11.3 Å². The van der Waals surface area contributed by atoms with Crippen LogP contribution >= 0.6 is 22.9 Å². The molecule has 5 nitrogen and oxygen atoms in total. The van der Waals surface area contributed by atoms with E-state index in [1.165, 1.54) is 29.5 Å². The molecule has 2 rings (SSSR count). The van der Waals surface area contributed by atoms with E-state index in [-0.39, 0.29) is 21.7 Å². The van der Waals surface area contributed by atoms with Crippen LogP contribution in [0.25, 0.3) is 0 Å². The average Bonchev–Trinajstić information content (AvgIpc) is 2.80. The molecule has 0 aliphatic rings. The fourth-order valence-corrected chi connectivity index (χ4v) is 4.00. The average molecular weight is 343 g/mol. The van der Waals surface area contributed by atoms with Gasteiger partial charge in [-0.15, -0.1) is 11.3 Å². The number of aliphatic hydroxyl groups is 1. The summed E-state index contributed by atoms with van der Waals surface area (Å²) in [6.45, 7) is 1.50. The van der Waals surface area contributed by atoms with E-state index in [9.17, 15) is 8.42 Å². The number of benzene rings is 1. The largest absolute Gasteiger partial charge is 0.384 e. The van der Waals surface area contributed by atoms with Crippen molar-refractivity contribution in [3.05, 3.63) is 39.9 Å². The van der Waals surface area contributed by atoms with Crippen LogP contribution in [0.5, 0.6) is 0 Å². The van der Waals surface area contributed by atoms with Gasteiger partial charge in [-0.3, -0.25) is 4.72 Å². The SMILES string of the molecule is Cc1csc(NS(=O)(=O)c2ccc(C#CCO)cc2Cl)n1. The van der Waals surface area contributed by atoms with Gasteiger partial charge in [0.25, 0.3) is 10.0 Å². The Hall–Kier alpha value is -1.59. The van der Waals surface area contributed by atoms with Crippen molar-refractivity contribution in [3.8, 4) is 11.8 Å². The van der Waals surface area contributed by atoms with Crippen LogP contribution in [0.2, 0.25) is 5.02 Å². The highest BCUT2D eigenvalue weighted by atomic mass is 35.5. The van der Waals surface area contributed by atoms with E-state index < -0.39 is 10.0 Å². The predicted molar refractivity (Wildman–Crippen MR) is 83.1 cm³/mol. The highest BCUT2D eigenvalue weighted by Gasteiger charge is 2.19. The molecule has 1 aromatic carbocycles. The molecule has 2 N–H and O–H groups in total. The predicted octanol–water partition coefficient (Wildman–Crippen LogP) is 2.25. The van der Waals surface area contributed by atoms with Crippen molar-refractivity contribution in [1.82, 2.24) is 4.98 Å². The quantitative estimate of drug-likeness (QED) is 0.838. The second-order valence-electron chi connectivity index (χ2n) is 4.00. The van der Waals surface area contributed by atoms with Crippen LogP contribution < -0.4 is 4.72 Å². The second kappa shape index (κ2) is 6.45. The maximum atomic E-state index is 12.3. The van der Waals surface area contributed by atoms with Gasteiger partial charge in [0.05, 0.1) is 10.7 Å². The van der Waals surface area contributed by atoms with Crippen molar-refractivity contribution >= 4 is 38.1 Å². The number of sulfonamides is 1. The fraction of sp³-hybridized carbons (Fsp3) is 0.154. The Morgan fingerprint density at radius 2 is 2.24 bits per heavy atom. The first kappa shape index (κ1) is 15.8. The van der Waals surface area contributed by atoms with Crippen molar-refractivity contribution in [1.29, 1.82) is 0 Å². The highest BCUT2D eigenvalue weighted by Crippen LogP contribution is 2.26. The molecule has 0 amide bonds. The monoisotopic (exact) mass is 342 g/mol. The van der Waals surface area contributed by atoms with E-state index in [2.05, 4.69) is 21.5 Å². The molecule has 8 heteroatoms. The summed E-state index contributed by atoms with van der Waals surface area (Å²) >= 11 is 7.19. The molecule has 0 saturated carbocycles. The normalized spacial score (nSPS) is 10.8. The second-order valence-corrected chi connectivity index (χ2v) is 6.92. The molecule has 0 fully saturated rings. The molecule has 0 aliphatic carbocycles. The molecule has 0 spiro atoms. The lowest BCUT2D eigenvalue weighted by atomic mass is 10.2. The van der Waals surface area contributed by atoms with E-state index in [4.69, 9.17) is 16.7 Å². The van der Waals surface area contributed by atoms with E-state index >= 15 is 0 Å². The molecule has 1 aromatic heterocycles. The Bertz CT molecular complexity index is 819. The number of thiazole rings is 1. The summed E-state index contributed by atoms with van der Waals surface area (Å²) in [6, 6.07) is 4.33. The molecule has 110 valence electrons. The minimum atomic E-state index is -3.80. The first-order chi connectivity index (χ1) is 9.92.